The van der Waals surface area contributed by atoms with Gasteiger partial charge in [-0.15, -0.1) is 0 Å². The predicted molar refractivity (Wildman–Crippen MR) is 161 cm³/mol. The van der Waals surface area contributed by atoms with Crippen LogP contribution >= 0.6 is 0 Å². The fourth-order valence-corrected chi connectivity index (χ4v) is 6.24. The Bertz CT molecular complexity index is 2080. The van der Waals surface area contributed by atoms with Crippen molar-refractivity contribution in [1.29, 1.82) is 10.5 Å². The van der Waals surface area contributed by atoms with Gasteiger partial charge in [0.1, 0.15) is 0 Å². The number of rotatable bonds is 1. The van der Waals surface area contributed by atoms with Crippen LogP contribution in [0.25, 0.3) is 33.0 Å². The molecule has 0 spiro atoms. The third-order valence-corrected chi connectivity index (χ3v) is 7.89. The van der Waals surface area contributed by atoms with Crippen LogP contribution in [0.2, 0.25) is 0 Å². The standard InChI is InChI=1S/C36H20N4/c37-21-23-16-24(22-38)18-27(17-23)39-33-15-7-13-31-29-11-4-3-10-28(29)30-12-5-6-14-32(30)40(36(31)33)35-20-26-9-2-1-8-25(26)19-34(35)39/h1-20H. The van der Waals surface area contributed by atoms with Crippen LogP contribution in [0.15, 0.2) is 121 Å². The number of nitriles is 2. The highest BCUT2D eigenvalue weighted by molar-refractivity contribution is 6.13. The first kappa shape index (κ1) is 22.2. The van der Waals surface area contributed by atoms with Gasteiger partial charge in [-0.3, -0.25) is 0 Å². The van der Waals surface area contributed by atoms with Gasteiger partial charge in [-0.2, -0.15) is 10.5 Å². The fourth-order valence-electron chi connectivity index (χ4n) is 6.24. The second-order valence-electron chi connectivity index (χ2n) is 10.1. The van der Waals surface area contributed by atoms with Crippen LogP contribution in [0.3, 0.4) is 0 Å². The summed E-state index contributed by atoms with van der Waals surface area (Å²) in [5.41, 5.74) is 11.6. The van der Waals surface area contributed by atoms with Gasteiger partial charge in [-0.05, 0) is 64.4 Å². The van der Waals surface area contributed by atoms with Crippen LogP contribution in [0.5, 0.6) is 0 Å². The molecule has 4 nitrogen and oxygen atoms in total. The Kier molecular flexibility index (Phi) is 4.62. The van der Waals surface area contributed by atoms with Crippen LogP contribution in [-0.4, -0.2) is 0 Å². The van der Waals surface area contributed by atoms with E-state index in [0.717, 1.165) is 50.5 Å². The lowest BCUT2D eigenvalue weighted by molar-refractivity contribution is 1.18. The molecule has 0 atom stereocenters. The van der Waals surface area contributed by atoms with Crippen LogP contribution in [0, 0.1) is 22.7 Å². The molecule has 4 heteroatoms. The highest BCUT2D eigenvalue weighted by atomic mass is 15.3. The molecule has 8 rings (SSSR count). The Balaban J connectivity index is 1.55. The summed E-state index contributed by atoms with van der Waals surface area (Å²) >= 11 is 0. The molecule has 0 bridgehead atoms. The van der Waals surface area contributed by atoms with E-state index in [1.165, 1.54) is 16.7 Å². The molecule has 0 saturated heterocycles. The Labute approximate surface area is 231 Å². The minimum absolute atomic E-state index is 0.455. The summed E-state index contributed by atoms with van der Waals surface area (Å²) < 4.78 is 0. The van der Waals surface area contributed by atoms with Crippen molar-refractivity contribution in [2.75, 3.05) is 9.80 Å². The lowest BCUT2D eigenvalue weighted by Crippen LogP contribution is -2.24. The van der Waals surface area contributed by atoms with Gasteiger partial charge in [0, 0.05) is 16.8 Å². The van der Waals surface area contributed by atoms with Gasteiger partial charge in [0.25, 0.3) is 0 Å². The number of fused-ring (bicyclic) bond motifs is 8. The molecule has 0 N–H and O–H groups in total. The largest absolute Gasteiger partial charge is 0.306 e. The second kappa shape index (κ2) is 8.33. The van der Waals surface area contributed by atoms with Gasteiger partial charge in [0.15, 0.2) is 0 Å². The zero-order chi connectivity index (χ0) is 26.8. The van der Waals surface area contributed by atoms with Crippen LogP contribution in [-0.2, 0) is 0 Å². The first-order chi connectivity index (χ1) is 19.7. The molecule has 0 saturated carbocycles. The monoisotopic (exact) mass is 508 g/mol. The van der Waals surface area contributed by atoms with Crippen LogP contribution in [0.1, 0.15) is 11.1 Å². The van der Waals surface area contributed by atoms with Crippen molar-refractivity contribution < 1.29 is 0 Å². The summed E-state index contributed by atoms with van der Waals surface area (Å²) in [4.78, 5) is 4.59. The van der Waals surface area contributed by atoms with Crippen molar-refractivity contribution in [2.24, 2.45) is 0 Å². The maximum absolute atomic E-state index is 9.82. The van der Waals surface area contributed by atoms with Gasteiger partial charge < -0.3 is 9.80 Å². The van der Waals surface area contributed by atoms with Crippen molar-refractivity contribution in [1.82, 2.24) is 0 Å². The summed E-state index contributed by atoms with van der Waals surface area (Å²) in [6.07, 6.45) is 0. The summed E-state index contributed by atoms with van der Waals surface area (Å²) in [5.74, 6) is 0. The summed E-state index contributed by atoms with van der Waals surface area (Å²) in [6.45, 7) is 0. The van der Waals surface area contributed by atoms with E-state index in [1.807, 2.05) is 12.1 Å². The highest BCUT2D eigenvalue weighted by Gasteiger charge is 2.36. The minimum Gasteiger partial charge on any atom is -0.306 e. The first-order valence-corrected chi connectivity index (χ1v) is 13.2. The van der Waals surface area contributed by atoms with Gasteiger partial charge >= 0.3 is 0 Å². The molecule has 0 aliphatic carbocycles. The van der Waals surface area contributed by atoms with Gasteiger partial charge in [0.2, 0.25) is 0 Å². The van der Waals surface area contributed by atoms with E-state index < -0.39 is 0 Å². The topological polar surface area (TPSA) is 54.1 Å². The molecule has 40 heavy (non-hydrogen) atoms. The quantitative estimate of drug-likeness (QED) is 0.222. The second-order valence-corrected chi connectivity index (χ2v) is 10.1. The van der Waals surface area contributed by atoms with Crippen molar-refractivity contribution in [3.63, 3.8) is 0 Å². The zero-order valence-electron chi connectivity index (χ0n) is 21.3. The van der Waals surface area contributed by atoms with Crippen LogP contribution < -0.4 is 9.80 Å². The minimum atomic E-state index is 0.455. The third kappa shape index (κ3) is 3.05. The molecule has 0 fully saturated rings. The predicted octanol–water partition coefficient (Wildman–Crippen LogP) is 9.48. The number of nitrogens with zero attached hydrogens (tertiary/aromatic N) is 4. The normalized spacial score (nSPS) is 12.3. The molecule has 0 radical (unpaired) electrons. The van der Waals surface area contributed by atoms with E-state index >= 15 is 0 Å². The van der Waals surface area contributed by atoms with Crippen molar-refractivity contribution in [3.8, 4) is 34.4 Å². The SMILES string of the molecule is N#Cc1cc(C#N)cc(N2c3cc4ccccc4cc3N3c4ccccc4-c4ccccc4-c4cccc2c43)c1. The Morgan fingerprint density at radius 2 is 0.950 bits per heavy atom. The van der Waals surface area contributed by atoms with E-state index in [1.54, 1.807) is 6.07 Å². The molecular weight excluding hydrogens is 488 g/mol. The molecule has 0 amide bonds. The number of para-hydroxylation sites is 2. The fraction of sp³-hybridized carbons (Fsp3) is 0. The number of hydrogen-bond donors (Lipinski definition) is 0. The maximum atomic E-state index is 9.82. The summed E-state index contributed by atoms with van der Waals surface area (Å²) in [7, 11) is 0. The molecule has 2 aliphatic rings. The van der Waals surface area contributed by atoms with Crippen molar-refractivity contribution in [3.05, 3.63) is 132 Å². The molecule has 2 heterocycles. The lowest BCUT2D eigenvalue weighted by atomic mass is 9.93. The lowest BCUT2D eigenvalue weighted by Gasteiger charge is -2.41. The number of hydrogen-bond acceptors (Lipinski definition) is 4. The Morgan fingerprint density at radius 1 is 0.425 bits per heavy atom. The van der Waals surface area contributed by atoms with Gasteiger partial charge in [-0.25, -0.2) is 0 Å². The Morgan fingerprint density at radius 3 is 1.62 bits per heavy atom. The molecule has 6 aromatic carbocycles. The van der Waals surface area contributed by atoms with E-state index in [9.17, 15) is 10.5 Å². The average Bonchev–Trinajstić information content (AvgIpc) is 3.14. The Hall–Kier alpha value is -5.84. The molecule has 6 aromatic rings. The zero-order valence-corrected chi connectivity index (χ0v) is 21.3. The van der Waals surface area contributed by atoms with E-state index in [-0.39, 0.29) is 0 Å². The molecule has 0 aromatic heterocycles. The maximum Gasteiger partial charge on any atom is 0.0992 e. The molecule has 184 valence electrons. The van der Waals surface area contributed by atoms with E-state index in [0.29, 0.717) is 11.1 Å². The third-order valence-electron chi connectivity index (χ3n) is 7.89. The van der Waals surface area contributed by atoms with Gasteiger partial charge in [0.05, 0.1) is 51.7 Å². The summed E-state index contributed by atoms with van der Waals surface area (Å²) in [6, 6.07) is 46.3. The van der Waals surface area contributed by atoms with Crippen molar-refractivity contribution in [2.45, 2.75) is 0 Å². The number of benzene rings is 6. The van der Waals surface area contributed by atoms with Crippen LogP contribution in [0.4, 0.5) is 34.1 Å². The smallest absolute Gasteiger partial charge is 0.0992 e. The summed E-state index contributed by atoms with van der Waals surface area (Å²) in [5, 5.41) is 21.9. The van der Waals surface area contributed by atoms with E-state index in [4.69, 9.17) is 0 Å². The molecule has 0 unspecified atom stereocenters. The van der Waals surface area contributed by atoms with E-state index in [2.05, 4.69) is 125 Å². The first-order valence-electron chi connectivity index (χ1n) is 13.2. The highest BCUT2D eigenvalue weighted by Crippen LogP contribution is 2.61. The van der Waals surface area contributed by atoms with Crippen molar-refractivity contribution >= 4 is 44.9 Å². The number of anilines is 6. The van der Waals surface area contributed by atoms with Gasteiger partial charge in [-0.1, -0.05) is 78.9 Å². The molecule has 2 aliphatic heterocycles. The average molecular weight is 509 g/mol. The molecular formula is C36H20N4.